The van der Waals surface area contributed by atoms with Crippen molar-refractivity contribution in [3.63, 3.8) is 0 Å². The number of hydrogen-bond donors (Lipinski definition) is 2. The zero-order valence-corrected chi connectivity index (χ0v) is 13.8. The second-order valence-corrected chi connectivity index (χ2v) is 6.53. The molecule has 0 radical (unpaired) electrons. The van der Waals surface area contributed by atoms with Crippen LogP contribution in [0.1, 0.15) is 29.5 Å². The van der Waals surface area contributed by atoms with Crippen LogP contribution in [-0.2, 0) is 16.0 Å². The Kier molecular flexibility index (Phi) is 5.45. The molecule has 0 amide bonds. The third-order valence-electron chi connectivity index (χ3n) is 3.54. The highest BCUT2D eigenvalue weighted by Crippen LogP contribution is 2.32. The minimum absolute atomic E-state index is 0.0157. The molecule has 0 spiro atoms. The highest BCUT2D eigenvalue weighted by molar-refractivity contribution is 7.99. The second kappa shape index (κ2) is 7.33. The third kappa shape index (κ3) is 4.60. The smallest absolute Gasteiger partial charge is 0.310 e. The van der Waals surface area contributed by atoms with Crippen LogP contribution >= 0.6 is 11.8 Å². The largest absolute Gasteiger partial charge is 0.481 e. The molecule has 23 heavy (non-hydrogen) atoms. The van der Waals surface area contributed by atoms with Gasteiger partial charge in [0.1, 0.15) is 0 Å². The van der Waals surface area contributed by atoms with E-state index in [9.17, 15) is 9.59 Å². The summed E-state index contributed by atoms with van der Waals surface area (Å²) >= 11 is 1.48. The molecule has 2 aromatic carbocycles. The van der Waals surface area contributed by atoms with Crippen LogP contribution in [0, 0.1) is 6.92 Å². The zero-order valence-electron chi connectivity index (χ0n) is 12.9. The van der Waals surface area contributed by atoms with Crippen molar-refractivity contribution in [2.75, 3.05) is 0 Å². The van der Waals surface area contributed by atoms with Crippen molar-refractivity contribution in [3.05, 3.63) is 59.2 Å². The van der Waals surface area contributed by atoms with Crippen LogP contribution in [0.2, 0.25) is 0 Å². The lowest BCUT2D eigenvalue weighted by Gasteiger charge is -2.10. The van der Waals surface area contributed by atoms with Crippen molar-refractivity contribution >= 4 is 23.7 Å². The van der Waals surface area contributed by atoms with Gasteiger partial charge in [0.25, 0.3) is 0 Å². The predicted molar refractivity (Wildman–Crippen MR) is 89.1 cm³/mol. The van der Waals surface area contributed by atoms with E-state index in [4.69, 9.17) is 10.2 Å². The molecule has 0 bridgehead atoms. The van der Waals surface area contributed by atoms with Gasteiger partial charge in [-0.05, 0) is 43.2 Å². The van der Waals surface area contributed by atoms with Crippen molar-refractivity contribution in [2.45, 2.75) is 36.0 Å². The molecular formula is C18H18O4S. The molecule has 0 aliphatic heterocycles. The molecule has 0 aliphatic rings. The van der Waals surface area contributed by atoms with Crippen LogP contribution in [0.5, 0.6) is 0 Å². The van der Waals surface area contributed by atoms with Crippen LogP contribution in [0.25, 0.3) is 0 Å². The maximum Gasteiger partial charge on any atom is 0.310 e. The lowest BCUT2D eigenvalue weighted by atomic mass is 10.0. The van der Waals surface area contributed by atoms with E-state index in [-0.39, 0.29) is 6.42 Å². The summed E-state index contributed by atoms with van der Waals surface area (Å²) < 4.78 is 0. The minimum Gasteiger partial charge on any atom is -0.481 e. The van der Waals surface area contributed by atoms with E-state index in [1.165, 1.54) is 11.8 Å². The molecule has 4 nitrogen and oxygen atoms in total. The average Bonchev–Trinajstić information content (AvgIpc) is 2.49. The maximum atomic E-state index is 11.0. The quantitative estimate of drug-likeness (QED) is 0.838. The molecule has 0 saturated heterocycles. The highest BCUT2D eigenvalue weighted by atomic mass is 32.2. The van der Waals surface area contributed by atoms with E-state index in [1.807, 2.05) is 37.3 Å². The molecule has 2 rings (SSSR count). The first-order chi connectivity index (χ1) is 10.9. The van der Waals surface area contributed by atoms with Crippen molar-refractivity contribution in [2.24, 2.45) is 0 Å². The van der Waals surface area contributed by atoms with Gasteiger partial charge in [0.15, 0.2) is 0 Å². The summed E-state index contributed by atoms with van der Waals surface area (Å²) in [6.07, 6.45) is -0.0157. The van der Waals surface area contributed by atoms with Crippen molar-refractivity contribution in [1.82, 2.24) is 0 Å². The van der Waals surface area contributed by atoms with Gasteiger partial charge in [0.05, 0.1) is 12.3 Å². The second-order valence-electron chi connectivity index (χ2n) is 5.41. The first kappa shape index (κ1) is 17.1. The SMILES string of the molecule is Cc1ccc(Sc2ccc([C@@H](C)C(=O)O)cc2)c(CC(=O)O)c1. The number of aliphatic carboxylic acids is 2. The van der Waals surface area contributed by atoms with Gasteiger partial charge in [-0.1, -0.05) is 41.6 Å². The number of carboxylic acids is 2. The molecule has 2 N–H and O–H groups in total. The number of aryl methyl sites for hydroxylation is 1. The van der Waals surface area contributed by atoms with E-state index in [0.29, 0.717) is 0 Å². The Morgan fingerprint density at radius 2 is 1.74 bits per heavy atom. The summed E-state index contributed by atoms with van der Waals surface area (Å²) in [6, 6.07) is 13.1. The zero-order chi connectivity index (χ0) is 17.0. The number of carbonyl (C=O) groups is 2. The van der Waals surface area contributed by atoms with Crippen LogP contribution in [0.4, 0.5) is 0 Å². The van der Waals surface area contributed by atoms with Crippen LogP contribution in [-0.4, -0.2) is 22.2 Å². The average molecular weight is 330 g/mol. The molecule has 2 aromatic rings. The van der Waals surface area contributed by atoms with Crippen LogP contribution in [0.3, 0.4) is 0 Å². The van der Waals surface area contributed by atoms with Gasteiger partial charge in [-0.15, -0.1) is 0 Å². The van der Waals surface area contributed by atoms with Gasteiger partial charge < -0.3 is 10.2 Å². The molecule has 120 valence electrons. The molecule has 0 aromatic heterocycles. The Labute approximate surface area is 139 Å². The van der Waals surface area contributed by atoms with Gasteiger partial charge in [-0.2, -0.15) is 0 Å². The monoisotopic (exact) mass is 330 g/mol. The summed E-state index contributed by atoms with van der Waals surface area (Å²) in [5.41, 5.74) is 2.55. The molecule has 0 aliphatic carbocycles. The van der Waals surface area contributed by atoms with Gasteiger partial charge >= 0.3 is 11.9 Å². The summed E-state index contributed by atoms with van der Waals surface area (Å²) in [7, 11) is 0. The van der Waals surface area contributed by atoms with Crippen LogP contribution in [0.15, 0.2) is 52.3 Å². The van der Waals surface area contributed by atoms with E-state index >= 15 is 0 Å². The van der Waals surface area contributed by atoms with E-state index in [1.54, 1.807) is 19.1 Å². The normalized spacial score (nSPS) is 11.9. The van der Waals surface area contributed by atoms with Crippen molar-refractivity contribution in [1.29, 1.82) is 0 Å². The maximum absolute atomic E-state index is 11.0. The first-order valence-corrected chi connectivity index (χ1v) is 8.00. The lowest BCUT2D eigenvalue weighted by Crippen LogP contribution is -2.06. The minimum atomic E-state index is -0.858. The van der Waals surface area contributed by atoms with E-state index < -0.39 is 17.9 Å². The Morgan fingerprint density at radius 3 is 2.30 bits per heavy atom. The number of hydrogen-bond acceptors (Lipinski definition) is 3. The highest BCUT2D eigenvalue weighted by Gasteiger charge is 2.14. The number of carboxylic acid groups (broad SMARTS) is 2. The van der Waals surface area contributed by atoms with Crippen molar-refractivity contribution in [3.8, 4) is 0 Å². The van der Waals surface area contributed by atoms with Crippen LogP contribution < -0.4 is 0 Å². The fourth-order valence-electron chi connectivity index (χ4n) is 2.20. The molecule has 0 saturated carbocycles. The lowest BCUT2D eigenvalue weighted by molar-refractivity contribution is -0.138. The standard InChI is InChI=1S/C18H18O4S/c1-11-3-8-16(14(9-11)10-17(19)20)23-15-6-4-13(5-7-15)12(2)18(21)22/h3-9,12H,10H2,1-2H3,(H,19,20)(H,21,22)/t12-/m1/s1. The summed E-state index contributed by atoms with van der Waals surface area (Å²) in [6.45, 7) is 3.58. The number of rotatable bonds is 6. The van der Waals surface area contributed by atoms with Gasteiger partial charge in [-0.25, -0.2) is 0 Å². The first-order valence-electron chi connectivity index (χ1n) is 7.18. The number of benzene rings is 2. The molecule has 1 atom stereocenters. The van der Waals surface area contributed by atoms with Gasteiger partial charge in [-0.3, -0.25) is 9.59 Å². The van der Waals surface area contributed by atoms with Crippen molar-refractivity contribution < 1.29 is 19.8 Å². The Morgan fingerprint density at radius 1 is 1.09 bits per heavy atom. The Balaban J connectivity index is 2.22. The van der Waals surface area contributed by atoms with Gasteiger partial charge in [0.2, 0.25) is 0 Å². The van der Waals surface area contributed by atoms with E-state index in [0.717, 1.165) is 26.5 Å². The summed E-state index contributed by atoms with van der Waals surface area (Å²) in [5, 5.41) is 18.1. The fraction of sp³-hybridized carbons (Fsp3) is 0.222. The van der Waals surface area contributed by atoms with Gasteiger partial charge in [0, 0.05) is 9.79 Å². The topological polar surface area (TPSA) is 74.6 Å². The summed E-state index contributed by atoms with van der Waals surface area (Å²) in [4.78, 5) is 23.8. The predicted octanol–water partition coefficient (Wildman–Crippen LogP) is 3.96. The fourth-order valence-corrected chi connectivity index (χ4v) is 3.13. The molecule has 5 heteroatoms. The Hall–Kier alpha value is -2.27. The molecule has 0 heterocycles. The molecule has 0 fully saturated rings. The molecular weight excluding hydrogens is 312 g/mol. The Bertz CT molecular complexity index is 722. The third-order valence-corrected chi connectivity index (χ3v) is 4.66. The molecule has 0 unspecified atom stereocenters. The summed E-state index contributed by atoms with van der Waals surface area (Å²) in [5.74, 6) is -2.26. The van der Waals surface area contributed by atoms with E-state index in [2.05, 4.69) is 0 Å².